The maximum Gasteiger partial charge on any atom is 0.261 e. The zero-order valence-electron chi connectivity index (χ0n) is 10.2. The van der Waals surface area contributed by atoms with Crippen molar-refractivity contribution in [3.05, 3.63) is 16.3 Å². The van der Waals surface area contributed by atoms with Gasteiger partial charge in [0.2, 0.25) is 0 Å². The Kier molecular flexibility index (Phi) is 4.44. The molecule has 0 saturated heterocycles. The molecule has 1 heterocycles. The molecule has 0 aliphatic carbocycles. The number of amides is 1. The Morgan fingerprint density at radius 1 is 1.56 bits per heavy atom. The number of hydrogen-bond donors (Lipinski definition) is 2. The van der Waals surface area contributed by atoms with Crippen molar-refractivity contribution < 1.29 is 4.79 Å². The Labute approximate surface area is 107 Å². The molecule has 0 spiro atoms. The van der Waals surface area contributed by atoms with Gasteiger partial charge < -0.3 is 5.32 Å². The lowest BCUT2D eigenvalue weighted by molar-refractivity contribution is 0.0941. The van der Waals surface area contributed by atoms with Crippen LogP contribution in [-0.4, -0.2) is 12.5 Å². The molecule has 0 bridgehead atoms. The zero-order chi connectivity index (χ0) is 12.3. The van der Waals surface area contributed by atoms with Crippen LogP contribution in [0.25, 0.3) is 0 Å². The van der Waals surface area contributed by atoms with Gasteiger partial charge in [-0.25, -0.2) is 0 Å². The maximum atomic E-state index is 11.8. The molecule has 90 valence electrons. The van der Waals surface area contributed by atoms with E-state index in [0.29, 0.717) is 12.5 Å². The number of carbonyl (C=O) groups is 1. The molecule has 0 fully saturated rings. The van der Waals surface area contributed by atoms with Gasteiger partial charge in [-0.3, -0.25) is 4.79 Å². The van der Waals surface area contributed by atoms with Crippen LogP contribution in [0.4, 0.5) is 0 Å². The van der Waals surface area contributed by atoms with Crippen LogP contribution in [0.3, 0.4) is 0 Å². The molecule has 1 rings (SSSR count). The molecule has 0 aliphatic heterocycles. The van der Waals surface area contributed by atoms with Crippen LogP contribution < -0.4 is 5.32 Å². The Morgan fingerprint density at radius 3 is 2.62 bits per heavy atom. The van der Waals surface area contributed by atoms with Crippen molar-refractivity contribution >= 4 is 29.9 Å². The number of hydrogen-bond acceptors (Lipinski definition) is 3. The quantitative estimate of drug-likeness (QED) is 0.798. The molecule has 1 aromatic heterocycles. The molecule has 0 aromatic carbocycles. The van der Waals surface area contributed by atoms with Crippen molar-refractivity contribution in [2.75, 3.05) is 6.54 Å². The second-order valence-electron chi connectivity index (χ2n) is 5.15. The number of nitrogens with one attached hydrogen (secondary N) is 1. The average Bonchev–Trinajstić information content (AvgIpc) is 2.59. The standard InChI is InChI=1S/C12H19NOS2/c1-8(12(2,3)4)6-13-11(14)10-5-9(15)7-16-10/h5,7-8,15H,6H2,1-4H3,(H,13,14). The van der Waals surface area contributed by atoms with E-state index in [1.165, 1.54) is 11.3 Å². The first-order chi connectivity index (χ1) is 7.30. The molecule has 2 nitrogen and oxygen atoms in total. The molecule has 1 N–H and O–H groups in total. The van der Waals surface area contributed by atoms with Crippen LogP contribution in [0.1, 0.15) is 37.4 Å². The van der Waals surface area contributed by atoms with Crippen LogP contribution in [-0.2, 0) is 0 Å². The summed E-state index contributed by atoms with van der Waals surface area (Å²) in [5.74, 6) is 0.452. The number of thiophene rings is 1. The molecular formula is C12H19NOS2. The number of rotatable bonds is 3. The Bertz CT molecular complexity index is 365. The highest BCUT2D eigenvalue weighted by Gasteiger charge is 2.20. The second-order valence-corrected chi connectivity index (χ2v) is 6.57. The predicted molar refractivity (Wildman–Crippen MR) is 72.5 cm³/mol. The average molecular weight is 257 g/mol. The van der Waals surface area contributed by atoms with Gasteiger partial charge in [0.15, 0.2) is 0 Å². The fourth-order valence-corrected chi connectivity index (χ4v) is 2.15. The first kappa shape index (κ1) is 13.6. The van der Waals surface area contributed by atoms with Gasteiger partial charge in [-0.15, -0.1) is 24.0 Å². The van der Waals surface area contributed by atoms with Crippen molar-refractivity contribution in [2.45, 2.75) is 32.6 Å². The first-order valence-corrected chi connectivity index (χ1v) is 6.69. The van der Waals surface area contributed by atoms with Gasteiger partial charge >= 0.3 is 0 Å². The van der Waals surface area contributed by atoms with Crippen LogP contribution in [0.2, 0.25) is 0 Å². The normalized spacial score (nSPS) is 13.6. The van der Waals surface area contributed by atoms with Crippen molar-refractivity contribution in [3.63, 3.8) is 0 Å². The summed E-state index contributed by atoms with van der Waals surface area (Å²) >= 11 is 5.61. The molecule has 16 heavy (non-hydrogen) atoms. The highest BCUT2D eigenvalue weighted by Crippen LogP contribution is 2.24. The summed E-state index contributed by atoms with van der Waals surface area (Å²) in [6.45, 7) is 9.41. The molecule has 1 aromatic rings. The number of thiol groups is 1. The third-order valence-corrected chi connectivity index (χ3v) is 4.22. The summed E-state index contributed by atoms with van der Waals surface area (Å²) in [4.78, 5) is 13.3. The SMILES string of the molecule is CC(CNC(=O)c1cc(S)cs1)C(C)(C)C. The van der Waals surface area contributed by atoms with E-state index < -0.39 is 0 Å². The van der Waals surface area contributed by atoms with Gasteiger partial charge in [0.05, 0.1) is 4.88 Å². The highest BCUT2D eigenvalue weighted by molar-refractivity contribution is 7.80. The van der Waals surface area contributed by atoms with E-state index in [9.17, 15) is 4.79 Å². The van der Waals surface area contributed by atoms with E-state index in [4.69, 9.17) is 0 Å². The molecule has 1 atom stereocenters. The molecule has 0 aliphatic rings. The van der Waals surface area contributed by atoms with E-state index in [2.05, 4.69) is 45.6 Å². The summed E-state index contributed by atoms with van der Waals surface area (Å²) in [6, 6.07) is 1.80. The van der Waals surface area contributed by atoms with Crippen LogP contribution in [0, 0.1) is 11.3 Å². The Morgan fingerprint density at radius 2 is 2.19 bits per heavy atom. The van der Waals surface area contributed by atoms with Crippen LogP contribution in [0.5, 0.6) is 0 Å². The largest absolute Gasteiger partial charge is 0.351 e. The van der Waals surface area contributed by atoms with Crippen molar-refractivity contribution in [1.29, 1.82) is 0 Å². The Hall–Kier alpha value is -0.480. The van der Waals surface area contributed by atoms with E-state index >= 15 is 0 Å². The van der Waals surface area contributed by atoms with Crippen molar-refractivity contribution in [3.8, 4) is 0 Å². The fraction of sp³-hybridized carbons (Fsp3) is 0.583. The smallest absolute Gasteiger partial charge is 0.261 e. The van der Waals surface area contributed by atoms with E-state index in [1.54, 1.807) is 6.07 Å². The predicted octanol–water partition coefficient (Wildman–Crippen LogP) is 3.45. The van der Waals surface area contributed by atoms with Crippen LogP contribution in [0.15, 0.2) is 16.3 Å². The minimum absolute atomic E-state index is 0.00130. The third kappa shape index (κ3) is 3.83. The van der Waals surface area contributed by atoms with Crippen molar-refractivity contribution in [1.82, 2.24) is 5.32 Å². The minimum Gasteiger partial charge on any atom is -0.351 e. The second kappa shape index (κ2) is 5.23. The lowest BCUT2D eigenvalue weighted by Gasteiger charge is -2.27. The zero-order valence-corrected chi connectivity index (χ0v) is 11.9. The van der Waals surface area contributed by atoms with E-state index in [0.717, 1.165) is 9.77 Å². The van der Waals surface area contributed by atoms with Gasteiger partial charge in [0.1, 0.15) is 0 Å². The third-order valence-electron chi connectivity index (χ3n) is 2.86. The summed E-state index contributed by atoms with van der Waals surface area (Å²) in [6.07, 6.45) is 0. The van der Waals surface area contributed by atoms with Gasteiger partial charge in [-0.05, 0) is 17.4 Å². The molecule has 1 amide bonds. The number of carbonyl (C=O) groups excluding carboxylic acids is 1. The monoisotopic (exact) mass is 257 g/mol. The highest BCUT2D eigenvalue weighted by atomic mass is 32.1. The lowest BCUT2D eigenvalue weighted by Crippen LogP contribution is -2.33. The van der Waals surface area contributed by atoms with E-state index in [1.807, 2.05) is 5.38 Å². The summed E-state index contributed by atoms with van der Waals surface area (Å²) in [7, 11) is 0. The molecule has 0 saturated carbocycles. The molecule has 0 radical (unpaired) electrons. The lowest BCUT2D eigenvalue weighted by atomic mass is 9.82. The fourth-order valence-electron chi connectivity index (χ4n) is 1.08. The van der Waals surface area contributed by atoms with Gasteiger partial charge in [-0.2, -0.15) is 0 Å². The Balaban J connectivity index is 2.48. The molecule has 4 heteroatoms. The van der Waals surface area contributed by atoms with E-state index in [-0.39, 0.29) is 11.3 Å². The van der Waals surface area contributed by atoms with Gasteiger partial charge in [-0.1, -0.05) is 27.7 Å². The van der Waals surface area contributed by atoms with Crippen LogP contribution >= 0.6 is 24.0 Å². The summed E-state index contributed by atoms with van der Waals surface area (Å²) in [5, 5.41) is 4.82. The first-order valence-electron chi connectivity index (χ1n) is 5.36. The summed E-state index contributed by atoms with van der Waals surface area (Å²) in [5.41, 5.74) is 0.220. The van der Waals surface area contributed by atoms with Crippen molar-refractivity contribution in [2.24, 2.45) is 11.3 Å². The van der Waals surface area contributed by atoms with Gasteiger partial charge in [0, 0.05) is 16.8 Å². The molecule has 1 unspecified atom stereocenters. The summed E-state index contributed by atoms with van der Waals surface area (Å²) < 4.78 is 0. The van der Waals surface area contributed by atoms with Gasteiger partial charge in [0.25, 0.3) is 5.91 Å². The minimum atomic E-state index is 0.00130. The topological polar surface area (TPSA) is 29.1 Å². The molecular weight excluding hydrogens is 238 g/mol. The maximum absolute atomic E-state index is 11.8.